The highest BCUT2D eigenvalue weighted by molar-refractivity contribution is 5.47. The van der Waals surface area contributed by atoms with Crippen LogP contribution in [0.25, 0.3) is 0 Å². The maximum absolute atomic E-state index is 9.60. The lowest BCUT2D eigenvalue weighted by Crippen LogP contribution is -2.18. The second-order valence-corrected chi connectivity index (χ2v) is 5.25. The van der Waals surface area contributed by atoms with Gasteiger partial charge in [-0.2, -0.15) is 0 Å². The van der Waals surface area contributed by atoms with E-state index in [0.29, 0.717) is 5.75 Å². The number of phenolic OH excluding ortho intramolecular Hbond substituents is 1. The van der Waals surface area contributed by atoms with Crippen LogP contribution in [0.5, 0.6) is 5.75 Å². The molecule has 2 rings (SSSR count). The van der Waals surface area contributed by atoms with Crippen LogP contribution in [0.1, 0.15) is 30.5 Å². The standard InChI is InChI=1S/C16H19NO/c1-11-10-13(6-9-15(11)18)16(2,3)12-4-7-14(17)8-5-12/h4-10,18H,17H2,1-3H3. The van der Waals surface area contributed by atoms with Crippen LogP contribution in [0.15, 0.2) is 42.5 Å². The number of nitrogens with two attached hydrogens (primary N) is 1. The van der Waals surface area contributed by atoms with E-state index in [1.165, 1.54) is 11.1 Å². The van der Waals surface area contributed by atoms with Crippen molar-refractivity contribution in [2.45, 2.75) is 26.2 Å². The van der Waals surface area contributed by atoms with Crippen molar-refractivity contribution in [2.75, 3.05) is 5.73 Å². The lowest BCUT2D eigenvalue weighted by Gasteiger charge is -2.26. The third-order valence-corrected chi connectivity index (χ3v) is 3.55. The smallest absolute Gasteiger partial charge is 0.118 e. The maximum Gasteiger partial charge on any atom is 0.118 e. The average Bonchev–Trinajstić information content (AvgIpc) is 2.33. The zero-order valence-corrected chi connectivity index (χ0v) is 11.1. The SMILES string of the molecule is Cc1cc(C(C)(C)c2ccc(N)cc2)ccc1O. The number of hydrogen-bond acceptors (Lipinski definition) is 2. The van der Waals surface area contributed by atoms with Gasteiger partial charge in [0.1, 0.15) is 5.75 Å². The summed E-state index contributed by atoms with van der Waals surface area (Å²) < 4.78 is 0. The molecule has 0 unspecified atom stereocenters. The van der Waals surface area contributed by atoms with Gasteiger partial charge < -0.3 is 10.8 Å². The molecule has 0 aliphatic carbocycles. The van der Waals surface area contributed by atoms with E-state index >= 15 is 0 Å². The van der Waals surface area contributed by atoms with Crippen molar-refractivity contribution in [3.63, 3.8) is 0 Å². The van der Waals surface area contributed by atoms with Crippen molar-refractivity contribution >= 4 is 5.69 Å². The quantitative estimate of drug-likeness (QED) is 0.789. The van der Waals surface area contributed by atoms with Gasteiger partial charge in [-0.05, 0) is 41.8 Å². The van der Waals surface area contributed by atoms with Crippen LogP contribution in [0, 0.1) is 6.92 Å². The van der Waals surface area contributed by atoms with Crippen LogP contribution >= 0.6 is 0 Å². The molecule has 18 heavy (non-hydrogen) atoms. The summed E-state index contributed by atoms with van der Waals surface area (Å²) in [7, 11) is 0. The fourth-order valence-electron chi connectivity index (χ4n) is 2.11. The minimum absolute atomic E-state index is 0.105. The van der Waals surface area contributed by atoms with Crippen LogP contribution in [-0.4, -0.2) is 5.11 Å². The van der Waals surface area contributed by atoms with Crippen LogP contribution in [0.4, 0.5) is 5.69 Å². The monoisotopic (exact) mass is 241 g/mol. The molecule has 0 heterocycles. The number of rotatable bonds is 2. The van der Waals surface area contributed by atoms with Gasteiger partial charge in [0, 0.05) is 11.1 Å². The Kier molecular flexibility index (Phi) is 3.04. The van der Waals surface area contributed by atoms with E-state index in [-0.39, 0.29) is 5.41 Å². The van der Waals surface area contributed by atoms with Gasteiger partial charge in [-0.15, -0.1) is 0 Å². The first-order chi connectivity index (χ1) is 8.41. The maximum atomic E-state index is 9.60. The molecule has 2 aromatic rings. The van der Waals surface area contributed by atoms with E-state index < -0.39 is 0 Å². The van der Waals surface area contributed by atoms with Gasteiger partial charge in [0.2, 0.25) is 0 Å². The number of benzene rings is 2. The van der Waals surface area contributed by atoms with Gasteiger partial charge in [0.15, 0.2) is 0 Å². The fraction of sp³-hybridized carbons (Fsp3) is 0.250. The van der Waals surface area contributed by atoms with E-state index in [1.54, 1.807) is 6.07 Å². The van der Waals surface area contributed by atoms with E-state index in [2.05, 4.69) is 26.0 Å². The third-order valence-electron chi connectivity index (χ3n) is 3.55. The Labute approximate surface area is 108 Å². The van der Waals surface area contributed by atoms with E-state index in [4.69, 9.17) is 5.73 Å². The van der Waals surface area contributed by atoms with Crippen LogP contribution < -0.4 is 5.73 Å². The first kappa shape index (κ1) is 12.5. The predicted octanol–water partition coefficient (Wildman–Crippen LogP) is 3.61. The zero-order valence-electron chi connectivity index (χ0n) is 11.1. The molecule has 0 spiro atoms. The first-order valence-electron chi connectivity index (χ1n) is 6.07. The number of aryl methyl sites for hydroxylation is 1. The lowest BCUT2D eigenvalue weighted by atomic mass is 9.77. The molecular weight excluding hydrogens is 222 g/mol. The Hall–Kier alpha value is -1.96. The molecule has 0 amide bonds. The Morgan fingerprint density at radius 1 is 0.944 bits per heavy atom. The summed E-state index contributed by atoms with van der Waals surface area (Å²) in [4.78, 5) is 0. The van der Waals surface area contributed by atoms with Gasteiger partial charge in [-0.3, -0.25) is 0 Å². The minimum atomic E-state index is -0.105. The normalized spacial score (nSPS) is 11.5. The van der Waals surface area contributed by atoms with Crippen LogP contribution in [-0.2, 0) is 5.41 Å². The summed E-state index contributed by atoms with van der Waals surface area (Å²) in [6.45, 7) is 6.26. The average molecular weight is 241 g/mol. The molecule has 2 heteroatoms. The van der Waals surface area contributed by atoms with E-state index in [9.17, 15) is 5.11 Å². The Morgan fingerprint density at radius 3 is 2.06 bits per heavy atom. The minimum Gasteiger partial charge on any atom is -0.508 e. The molecule has 0 saturated carbocycles. The Balaban J connectivity index is 2.46. The first-order valence-corrected chi connectivity index (χ1v) is 6.07. The predicted molar refractivity (Wildman–Crippen MR) is 75.8 cm³/mol. The molecular formula is C16H19NO. The number of aromatic hydroxyl groups is 1. The van der Waals surface area contributed by atoms with Gasteiger partial charge in [-0.25, -0.2) is 0 Å². The highest BCUT2D eigenvalue weighted by Crippen LogP contribution is 2.33. The molecule has 0 aliphatic heterocycles. The summed E-state index contributed by atoms with van der Waals surface area (Å²) in [5.74, 6) is 0.340. The molecule has 0 atom stereocenters. The third kappa shape index (κ3) is 2.19. The summed E-state index contributed by atoms with van der Waals surface area (Å²) in [5, 5.41) is 9.60. The largest absolute Gasteiger partial charge is 0.508 e. The molecule has 0 fully saturated rings. The van der Waals surface area contributed by atoms with Crippen molar-refractivity contribution in [3.05, 3.63) is 59.2 Å². The Bertz CT molecular complexity index is 556. The highest BCUT2D eigenvalue weighted by atomic mass is 16.3. The number of nitrogen functional groups attached to an aromatic ring is 1. The molecule has 0 aliphatic rings. The fourth-order valence-corrected chi connectivity index (χ4v) is 2.11. The van der Waals surface area contributed by atoms with Crippen molar-refractivity contribution < 1.29 is 5.11 Å². The molecule has 2 nitrogen and oxygen atoms in total. The van der Waals surface area contributed by atoms with Crippen molar-refractivity contribution in [1.29, 1.82) is 0 Å². The molecule has 2 aromatic carbocycles. The zero-order chi connectivity index (χ0) is 13.3. The van der Waals surface area contributed by atoms with Gasteiger partial charge >= 0.3 is 0 Å². The highest BCUT2D eigenvalue weighted by Gasteiger charge is 2.23. The summed E-state index contributed by atoms with van der Waals surface area (Å²) in [5.41, 5.74) is 9.68. The second-order valence-electron chi connectivity index (χ2n) is 5.25. The van der Waals surface area contributed by atoms with Gasteiger partial charge in [0.25, 0.3) is 0 Å². The summed E-state index contributed by atoms with van der Waals surface area (Å²) in [6, 6.07) is 13.7. The van der Waals surface area contributed by atoms with Crippen LogP contribution in [0.2, 0.25) is 0 Å². The summed E-state index contributed by atoms with van der Waals surface area (Å²) in [6.07, 6.45) is 0. The number of anilines is 1. The van der Waals surface area contributed by atoms with Gasteiger partial charge in [0.05, 0.1) is 0 Å². The van der Waals surface area contributed by atoms with E-state index in [0.717, 1.165) is 11.3 Å². The molecule has 94 valence electrons. The molecule has 0 radical (unpaired) electrons. The summed E-state index contributed by atoms with van der Waals surface area (Å²) >= 11 is 0. The second kappa shape index (κ2) is 4.37. The topological polar surface area (TPSA) is 46.2 Å². The number of phenols is 1. The molecule has 0 aromatic heterocycles. The van der Waals surface area contributed by atoms with Gasteiger partial charge in [-0.1, -0.05) is 38.1 Å². The van der Waals surface area contributed by atoms with Crippen molar-refractivity contribution in [2.24, 2.45) is 0 Å². The lowest BCUT2D eigenvalue weighted by molar-refractivity contribution is 0.470. The van der Waals surface area contributed by atoms with Crippen LogP contribution in [0.3, 0.4) is 0 Å². The van der Waals surface area contributed by atoms with Crippen molar-refractivity contribution in [3.8, 4) is 5.75 Å². The molecule has 0 bridgehead atoms. The van der Waals surface area contributed by atoms with Crippen molar-refractivity contribution in [1.82, 2.24) is 0 Å². The number of hydrogen-bond donors (Lipinski definition) is 2. The Morgan fingerprint density at radius 2 is 1.50 bits per heavy atom. The molecule has 0 saturated heterocycles. The molecule has 3 N–H and O–H groups in total. The van der Waals surface area contributed by atoms with E-state index in [1.807, 2.05) is 31.2 Å².